The summed E-state index contributed by atoms with van der Waals surface area (Å²) < 4.78 is 1.94. The van der Waals surface area contributed by atoms with Gasteiger partial charge in [-0.25, -0.2) is 4.68 Å². The minimum atomic E-state index is 0.597. The number of aromatic nitrogens is 2. The van der Waals surface area contributed by atoms with E-state index in [1.54, 1.807) is 0 Å². The second-order valence-electron chi connectivity index (χ2n) is 5.80. The van der Waals surface area contributed by atoms with Crippen LogP contribution < -0.4 is 5.32 Å². The van der Waals surface area contributed by atoms with Gasteiger partial charge in [0, 0.05) is 18.8 Å². The summed E-state index contributed by atoms with van der Waals surface area (Å²) in [7, 11) is 0. The van der Waals surface area contributed by atoms with E-state index in [1.165, 1.54) is 25.7 Å². The molecular weight excluding hydrogens is 246 g/mol. The lowest BCUT2D eigenvalue weighted by Gasteiger charge is -2.19. The summed E-state index contributed by atoms with van der Waals surface area (Å²) in [6, 6.07) is 12.9. The molecule has 1 aromatic heterocycles. The Kier molecular flexibility index (Phi) is 4.16. The normalized spacial score (nSPS) is 17.4. The van der Waals surface area contributed by atoms with E-state index in [0.717, 1.165) is 23.8 Å². The van der Waals surface area contributed by atoms with Crippen molar-refractivity contribution in [2.45, 2.75) is 45.2 Å². The molecule has 1 aliphatic carbocycles. The summed E-state index contributed by atoms with van der Waals surface area (Å²) >= 11 is 0. The lowest BCUT2D eigenvalue weighted by Crippen LogP contribution is -2.31. The van der Waals surface area contributed by atoms with Crippen molar-refractivity contribution in [2.75, 3.05) is 0 Å². The molecule has 0 aliphatic heterocycles. The van der Waals surface area contributed by atoms with Gasteiger partial charge < -0.3 is 5.32 Å². The first kappa shape index (κ1) is 13.4. The fourth-order valence-corrected chi connectivity index (χ4v) is 3.07. The van der Waals surface area contributed by atoms with Gasteiger partial charge in [-0.1, -0.05) is 31.0 Å². The molecule has 106 valence electrons. The third-order valence-corrected chi connectivity index (χ3v) is 4.38. The zero-order chi connectivity index (χ0) is 13.8. The summed E-state index contributed by atoms with van der Waals surface area (Å²) in [5, 5.41) is 8.26. The highest BCUT2D eigenvalue weighted by Crippen LogP contribution is 2.27. The maximum Gasteiger partial charge on any atom is 0.0766 e. The molecule has 0 amide bonds. The molecule has 1 atom stereocenters. The molecular formula is C17H23N3. The zero-order valence-electron chi connectivity index (χ0n) is 12.1. The van der Waals surface area contributed by atoms with Gasteiger partial charge in [0.25, 0.3) is 0 Å². The lowest BCUT2D eigenvalue weighted by molar-refractivity contribution is 0.378. The third kappa shape index (κ3) is 3.10. The average Bonchev–Trinajstić information content (AvgIpc) is 3.17. The largest absolute Gasteiger partial charge is 0.308 e. The van der Waals surface area contributed by atoms with Crippen molar-refractivity contribution in [3.8, 4) is 5.69 Å². The first-order valence-corrected chi connectivity index (χ1v) is 7.66. The maximum atomic E-state index is 4.63. The van der Waals surface area contributed by atoms with Gasteiger partial charge in [0.1, 0.15) is 0 Å². The van der Waals surface area contributed by atoms with Gasteiger partial charge in [-0.15, -0.1) is 0 Å². The fourth-order valence-electron chi connectivity index (χ4n) is 3.07. The fraction of sp³-hybridized carbons (Fsp3) is 0.471. The van der Waals surface area contributed by atoms with Crippen molar-refractivity contribution in [2.24, 2.45) is 5.92 Å². The predicted molar refractivity (Wildman–Crippen MR) is 81.8 cm³/mol. The Labute approximate surface area is 121 Å². The van der Waals surface area contributed by atoms with Crippen LogP contribution in [0.25, 0.3) is 5.69 Å². The molecule has 3 nitrogen and oxygen atoms in total. The van der Waals surface area contributed by atoms with Crippen LogP contribution in [0.1, 0.15) is 38.3 Å². The van der Waals surface area contributed by atoms with Crippen LogP contribution in [0.15, 0.2) is 42.6 Å². The van der Waals surface area contributed by atoms with Crippen LogP contribution in [-0.2, 0) is 6.54 Å². The van der Waals surface area contributed by atoms with Gasteiger partial charge in [0.15, 0.2) is 0 Å². The van der Waals surface area contributed by atoms with E-state index >= 15 is 0 Å². The van der Waals surface area contributed by atoms with E-state index in [1.807, 2.05) is 29.1 Å². The smallest absolute Gasteiger partial charge is 0.0766 e. The molecule has 1 fully saturated rings. The van der Waals surface area contributed by atoms with Crippen molar-refractivity contribution in [1.82, 2.24) is 15.1 Å². The van der Waals surface area contributed by atoms with Gasteiger partial charge in [-0.05, 0) is 43.9 Å². The van der Waals surface area contributed by atoms with Crippen LogP contribution in [0.5, 0.6) is 0 Å². The first-order valence-electron chi connectivity index (χ1n) is 7.66. The zero-order valence-corrected chi connectivity index (χ0v) is 12.1. The van der Waals surface area contributed by atoms with Crippen LogP contribution >= 0.6 is 0 Å². The molecule has 3 heteroatoms. The quantitative estimate of drug-likeness (QED) is 0.899. The van der Waals surface area contributed by atoms with E-state index in [2.05, 4.69) is 35.5 Å². The van der Waals surface area contributed by atoms with Gasteiger partial charge in [0.05, 0.1) is 11.4 Å². The molecule has 0 saturated heterocycles. The maximum absolute atomic E-state index is 4.63. The SMILES string of the molecule is C[C@H](NCc1ccn(-c2ccccc2)n1)C1CCCC1. The highest BCUT2D eigenvalue weighted by atomic mass is 15.3. The van der Waals surface area contributed by atoms with Crippen molar-refractivity contribution in [1.29, 1.82) is 0 Å². The second kappa shape index (κ2) is 6.23. The first-order chi connectivity index (χ1) is 9.83. The Bertz CT molecular complexity index is 526. The van der Waals surface area contributed by atoms with Gasteiger partial charge in [0.2, 0.25) is 0 Å². The van der Waals surface area contributed by atoms with Crippen molar-refractivity contribution < 1.29 is 0 Å². The molecule has 1 aliphatic rings. The van der Waals surface area contributed by atoms with Gasteiger partial charge in [-0.3, -0.25) is 0 Å². The van der Waals surface area contributed by atoms with E-state index < -0.39 is 0 Å². The minimum Gasteiger partial charge on any atom is -0.308 e. The Morgan fingerprint density at radius 2 is 1.95 bits per heavy atom. The standard InChI is InChI=1S/C17H23N3/c1-14(15-7-5-6-8-15)18-13-16-11-12-20(19-16)17-9-3-2-4-10-17/h2-4,9-12,14-15,18H,5-8,13H2,1H3/t14-/m0/s1. The average molecular weight is 269 g/mol. The molecule has 0 radical (unpaired) electrons. The third-order valence-electron chi connectivity index (χ3n) is 4.38. The molecule has 2 aromatic rings. The van der Waals surface area contributed by atoms with Crippen molar-refractivity contribution >= 4 is 0 Å². The number of para-hydroxylation sites is 1. The van der Waals surface area contributed by atoms with Crippen molar-refractivity contribution in [3.63, 3.8) is 0 Å². The number of rotatable bonds is 5. The second-order valence-corrected chi connectivity index (χ2v) is 5.80. The topological polar surface area (TPSA) is 29.9 Å². The highest BCUT2D eigenvalue weighted by molar-refractivity contribution is 5.30. The Morgan fingerprint density at radius 1 is 1.20 bits per heavy atom. The number of nitrogens with zero attached hydrogens (tertiary/aromatic N) is 2. The molecule has 1 saturated carbocycles. The molecule has 20 heavy (non-hydrogen) atoms. The van der Waals surface area contributed by atoms with Gasteiger partial charge in [-0.2, -0.15) is 5.10 Å². The lowest BCUT2D eigenvalue weighted by atomic mass is 10.00. The molecule has 0 spiro atoms. The highest BCUT2D eigenvalue weighted by Gasteiger charge is 2.21. The van der Waals surface area contributed by atoms with Crippen LogP contribution in [0.4, 0.5) is 0 Å². The summed E-state index contributed by atoms with van der Waals surface area (Å²) in [5.74, 6) is 0.853. The van der Waals surface area contributed by atoms with Crippen LogP contribution in [0.2, 0.25) is 0 Å². The van der Waals surface area contributed by atoms with Crippen LogP contribution in [0.3, 0.4) is 0 Å². The Balaban J connectivity index is 1.57. The summed E-state index contributed by atoms with van der Waals surface area (Å²) in [4.78, 5) is 0. The number of nitrogens with one attached hydrogen (secondary N) is 1. The van der Waals surface area contributed by atoms with E-state index in [4.69, 9.17) is 0 Å². The van der Waals surface area contributed by atoms with Crippen molar-refractivity contribution in [3.05, 3.63) is 48.3 Å². The number of hydrogen-bond donors (Lipinski definition) is 1. The molecule has 3 rings (SSSR count). The number of benzene rings is 1. The van der Waals surface area contributed by atoms with Crippen LogP contribution in [-0.4, -0.2) is 15.8 Å². The molecule has 1 heterocycles. The number of hydrogen-bond acceptors (Lipinski definition) is 2. The summed E-state index contributed by atoms with van der Waals surface area (Å²) in [5.41, 5.74) is 2.22. The van der Waals surface area contributed by atoms with E-state index in [0.29, 0.717) is 6.04 Å². The molecule has 0 bridgehead atoms. The van der Waals surface area contributed by atoms with E-state index in [9.17, 15) is 0 Å². The minimum absolute atomic E-state index is 0.597. The Hall–Kier alpha value is -1.61. The monoisotopic (exact) mass is 269 g/mol. The van der Waals surface area contributed by atoms with Gasteiger partial charge >= 0.3 is 0 Å². The van der Waals surface area contributed by atoms with Crippen LogP contribution in [0, 0.1) is 5.92 Å². The molecule has 0 unspecified atom stereocenters. The molecule has 1 aromatic carbocycles. The Morgan fingerprint density at radius 3 is 2.70 bits per heavy atom. The predicted octanol–water partition coefficient (Wildman–Crippen LogP) is 3.54. The van der Waals surface area contributed by atoms with E-state index in [-0.39, 0.29) is 0 Å². The molecule has 1 N–H and O–H groups in total. The summed E-state index contributed by atoms with van der Waals surface area (Å²) in [6.45, 7) is 3.17. The summed E-state index contributed by atoms with van der Waals surface area (Å²) in [6.07, 6.45) is 7.60.